The lowest BCUT2D eigenvalue weighted by Gasteiger charge is -2.33. The first-order valence-electron chi connectivity index (χ1n) is 8.58. The Morgan fingerprint density at radius 2 is 1.91 bits per heavy atom. The smallest absolute Gasteiger partial charge is 0.335 e. The molecule has 126 valence electrons. The number of carbonyl (C=O) groups excluding carboxylic acids is 1. The maximum atomic E-state index is 12.7. The zero-order valence-corrected chi connectivity index (χ0v) is 14.3. The van der Waals surface area contributed by atoms with E-state index < -0.39 is 5.97 Å². The van der Waals surface area contributed by atoms with Gasteiger partial charge in [0.2, 0.25) is 5.91 Å². The van der Waals surface area contributed by atoms with Gasteiger partial charge in [0, 0.05) is 18.5 Å². The van der Waals surface area contributed by atoms with Crippen LogP contribution in [0.1, 0.15) is 62.4 Å². The Hall–Kier alpha value is -1.84. The Kier molecular flexibility index (Phi) is 5.80. The summed E-state index contributed by atoms with van der Waals surface area (Å²) in [5.41, 5.74) is 1.04. The highest BCUT2D eigenvalue weighted by atomic mass is 16.4. The number of carbonyl (C=O) groups is 2. The van der Waals surface area contributed by atoms with Crippen LogP contribution in [0, 0.1) is 5.92 Å². The number of hydrogen-bond acceptors (Lipinski definition) is 2. The van der Waals surface area contributed by atoms with Crippen molar-refractivity contribution in [1.29, 1.82) is 0 Å². The molecule has 0 bridgehead atoms. The summed E-state index contributed by atoms with van der Waals surface area (Å²) in [4.78, 5) is 26.0. The van der Waals surface area contributed by atoms with Crippen LogP contribution in [0.4, 0.5) is 0 Å². The number of aromatic carboxylic acids is 1. The molecule has 1 aromatic rings. The number of hydrogen-bond donors (Lipinski definition) is 1. The fourth-order valence-electron chi connectivity index (χ4n) is 3.05. The predicted molar refractivity (Wildman–Crippen MR) is 90.5 cm³/mol. The molecule has 1 amide bonds. The normalized spacial score (nSPS) is 16.7. The van der Waals surface area contributed by atoms with Crippen molar-refractivity contribution in [3.63, 3.8) is 0 Å². The molecule has 1 saturated carbocycles. The summed E-state index contributed by atoms with van der Waals surface area (Å²) < 4.78 is 0. The summed E-state index contributed by atoms with van der Waals surface area (Å²) in [5.74, 6) is -0.300. The van der Waals surface area contributed by atoms with Gasteiger partial charge in [0.1, 0.15) is 0 Å². The molecular formula is C19H27NO3. The summed E-state index contributed by atoms with van der Waals surface area (Å²) >= 11 is 0. The predicted octanol–water partition coefficient (Wildman–Crippen LogP) is 3.74. The third-order valence-electron chi connectivity index (χ3n) is 4.99. The third-order valence-corrected chi connectivity index (χ3v) is 4.99. The number of benzene rings is 1. The molecule has 0 aromatic heterocycles. The van der Waals surface area contributed by atoms with Crippen molar-refractivity contribution in [2.75, 3.05) is 0 Å². The van der Waals surface area contributed by atoms with Gasteiger partial charge in [-0.2, -0.15) is 0 Å². The number of amides is 1. The van der Waals surface area contributed by atoms with E-state index in [-0.39, 0.29) is 11.9 Å². The van der Waals surface area contributed by atoms with Gasteiger partial charge in [-0.05, 0) is 43.7 Å². The van der Waals surface area contributed by atoms with E-state index in [4.69, 9.17) is 0 Å². The van der Waals surface area contributed by atoms with Gasteiger partial charge >= 0.3 is 5.97 Å². The van der Waals surface area contributed by atoms with E-state index in [1.54, 1.807) is 18.2 Å². The van der Waals surface area contributed by atoms with E-state index in [0.29, 0.717) is 30.4 Å². The fraction of sp³-hybridized carbons (Fsp3) is 0.579. The molecule has 4 nitrogen and oxygen atoms in total. The molecule has 1 aliphatic rings. The molecule has 1 aliphatic carbocycles. The lowest BCUT2D eigenvalue weighted by Crippen LogP contribution is -2.43. The van der Waals surface area contributed by atoms with E-state index in [2.05, 4.69) is 25.7 Å². The van der Waals surface area contributed by atoms with Gasteiger partial charge in [0.05, 0.1) is 5.56 Å². The maximum Gasteiger partial charge on any atom is 0.335 e. The molecule has 1 N–H and O–H groups in total. The summed E-state index contributed by atoms with van der Waals surface area (Å²) in [6.45, 7) is 6.47. The van der Waals surface area contributed by atoms with E-state index in [9.17, 15) is 14.7 Å². The first-order valence-corrected chi connectivity index (χ1v) is 8.58. The van der Waals surface area contributed by atoms with Crippen LogP contribution in [-0.2, 0) is 11.2 Å². The molecule has 2 rings (SSSR count). The highest BCUT2D eigenvalue weighted by molar-refractivity contribution is 5.89. The molecule has 1 fully saturated rings. The Balaban J connectivity index is 2.04. The largest absolute Gasteiger partial charge is 0.478 e. The quantitative estimate of drug-likeness (QED) is 0.794. The average Bonchev–Trinajstić information content (AvgIpc) is 3.37. The van der Waals surface area contributed by atoms with E-state index in [1.807, 2.05) is 6.07 Å². The Morgan fingerprint density at radius 1 is 1.26 bits per heavy atom. The van der Waals surface area contributed by atoms with Gasteiger partial charge < -0.3 is 10.0 Å². The average molecular weight is 317 g/mol. The second-order valence-electron chi connectivity index (χ2n) is 6.62. The minimum Gasteiger partial charge on any atom is -0.478 e. The first kappa shape index (κ1) is 17.5. The number of carboxylic acid groups (broad SMARTS) is 1. The number of nitrogens with zero attached hydrogens (tertiary/aromatic N) is 1. The monoisotopic (exact) mass is 317 g/mol. The summed E-state index contributed by atoms with van der Waals surface area (Å²) in [5, 5.41) is 9.24. The number of aryl methyl sites for hydroxylation is 1. The molecule has 2 atom stereocenters. The van der Waals surface area contributed by atoms with Crippen LogP contribution in [0.2, 0.25) is 0 Å². The SMILES string of the molecule is CCC(C)C(C)N(C(=O)CCc1ccccc1C(=O)O)C1CC1. The fourth-order valence-corrected chi connectivity index (χ4v) is 3.05. The van der Waals surface area contributed by atoms with Crippen molar-refractivity contribution in [2.45, 2.75) is 65.0 Å². The summed E-state index contributed by atoms with van der Waals surface area (Å²) in [6.07, 6.45) is 4.11. The van der Waals surface area contributed by atoms with E-state index in [0.717, 1.165) is 24.8 Å². The molecule has 0 aliphatic heterocycles. The van der Waals surface area contributed by atoms with Crippen LogP contribution >= 0.6 is 0 Å². The van der Waals surface area contributed by atoms with Crippen molar-refractivity contribution >= 4 is 11.9 Å². The van der Waals surface area contributed by atoms with E-state index in [1.165, 1.54) is 0 Å². The standard InChI is InChI=1S/C19H27NO3/c1-4-13(2)14(3)20(16-10-11-16)18(21)12-9-15-7-5-6-8-17(15)19(22)23/h5-8,13-14,16H,4,9-12H2,1-3H3,(H,22,23). The Labute approximate surface area is 138 Å². The molecule has 0 radical (unpaired) electrons. The van der Waals surface area contributed by atoms with Gasteiger partial charge in [-0.15, -0.1) is 0 Å². The molecule has 23 heavy (non-hydrogen) atoms. The van der Waals surface area contributed by atoms with Gasteiger partial charge in [0.25, 0.3) is 0 Å². The van der Waals surface area contributed by atoms with Gasteiger partial charge in [-0.3, -0.25) is 4.79 Å². The van der Waals surface area contributed by atoms with Crippen LogP contribution in [0.5, 0.6) is 0 Å². The zero-order chi connectivity index (χ0) is 17.0. The van der Waals surface area contributed by atoms with Crippen molar-refractivity contribution < 1.29 is 14.7 Å². The molecule has 0 spiro atoms. The Morgan fingerprint density at radius 3 is 2.48 bits per heavy atom. The summed E-state index contributed by atoms with van der Waals surface area (Å²) in [7, 11) is 0. The van der Waals surface area contributed by atoms with Crippen LogP contribution < -0.4 is 0 Å². The third kappa shape index (κ3) is 4.34. The Bertz CT molecular complexity index is 565. The van der Waals surface area contributed by atoms with Crippen LogP contribution in [0.25, 0.3) is 0 Å². The van der Waals surface area contributed by atoms with Gasteiger partial charge in [-0.25, -0.2) is 4.79 Å². The van der Waals surface area contributed by atoms with Crippen LogP contribution in [-0.4, -0.2) is 34.0 Å². The van der Waals surface area contributed by atoms with Crippen LogP contribution in [0.15, 0.2) is 24.3 Å². The minimum absolute atomic E-state index is 0.153. The molecule has 2 unspecified atom stereocenters. The van der Waals surface area contributed by atoms with Gasteiger partial charge in [0.15, 0.2) is 0 Å². The number of carboxylic acids is 1. The highest BCUT2D eigenvalue weighted by Gasteiger charge is 2.36. The number of rotatable bonds is 8. The first-order chi connectivity index (χ1) is 11.0. The maximum absolute atomic E-state index is 12.7. The summed E-state index contributed by atoms with van der Waals surface area (Å²) in [6, 6.07) is 7.58. The second-order valence-corrected chi connectivity index (χ2v) is 6.62. The van der Waals surface area contributed by atoms with Crippen molar-refractivity contribution in [1.82, 2.24) is 4.90 Å². The zero-order valence-electron chi connectivity index (χ0n) is 14.3. The molecule has 0 heterocycles. The molecule has 0 saturated heterocycles. The second kappa shape index (κ2) is 7.62. The van der Waals surface area contributed by atoms with Crippen LogP contribution in [0.3, 0.4) is 0 Å². The van der Waals surface area contributed by atoms with Crippen molar-refractivity contribution in [2.24, 2.45) is 5.92 Å². The highest BCUT2D eigenvalue weighted by Crippen LogP contribution is 2.32. The van der Waals surface area contributed by atoms with E-state index >= 15 is 0 Å². The lowest BCUT2D eigenvalue weighted by atomic mass is 9.97. The molecular weight excluding hydrogens is 290 g/mol. The van der Waals surface area contributed by atoms with Crippen molar-refractivity contribution in [3.8, 4) is 0 Å². The topological polar surface area (TPSA) is 57.6 Å². The van der Waals surface area contributed by atoms with Gasteiger partial charge in [-0.1, -0.05) is 38.5 Å². The molecule has 4 heteroatoms. The minimum atomic E-state index is -0.930. The lowest BCUT2D eigenvalue weighted by molar-refractivity contribution is -0.134. The molecule has 1 aromatic carbocycles. The van der Waals surface area contributed by atoms with Crippen molar-refractivity contribution in [3.05, 3.63) is 35.4 Å².